The third kappa shape index (κ3) is 2.30. The van der Waals surface area contributed by atoms with Crippen molar-refractivity contribution in [2.24, 2.45) is 0 Å². The molecule has 0 radical (unpaired) electrons. The molecular formula is C15H15NO4. The van der Waals surface area contributed by atoms with E-state index in [-0.39, 0.29) is 5.56 Å². The fraction of sp³-hybridized carbons (Fsp3) is 0.200. The second-order valence-electron chi connectivity index (χ2n) is 4.48. The molecule has 0 spiro atoms. The van der Waals surface area contributed by atoms with Crippen molar-refractivity contribution in [1.29, 1.82) is 0 Å². The molecule has 104 valence electrons. The second-order valence-corrected chi connectivity index (χ2v) is 4.48. The van der Waals surface area contributed by atoms with Crippen LogP contribution in [0.3, 0.4) is 0 Å². The zero-order chi connectivity index (χ0) is 14.9. The van der Waals surface area contributed by atoms with Crippen molar-refractivity contribution in [2.75, 3.05) is 7.11 Å². The lowest BCUT2D eigenvalue weighted by Crippen LogP contribution is -2.11. The SMILES string of the molecule is COC(=O)c1ccc(C(=O)O)cc1-n1c(C)ccc1C. The molecule has 0 bridgehead atoms. The second kappa shape index (κ2) is 5.21. The minimum absolute atomic E-state index is 0.125. The van der Waals surface area contributed by atoms with Crippen LogP contribution in [0.2, 0.25) is 0 Å². The Morgan fingerprint density at radius 1 is 1.10 bits per heavy atom. The van der Waals surface area contributed by atoms with Gasteiger partial charge >= 0.3 is 11.9 Å². The highest BCUT2D eigenvalue weighted by Crippen LogP contribution is 2.22. The van der Waals surface area contributed by atoms with E-state index in [1.54, 1.807) is 0 Å². The van der Waals surface area contributed by atoms with E-state index in [0.717, 1.165) is 11.4 Å². The van der Waals surface area contributed by atoms with Crippen LogP contribution in [0.4, 0.5) is 0 Å². The Morgan fingerprint density at radius 3 is 2.20 bits per heavy atom. The van der Waals surface area contributed by atoms with Crippen LogP contribution < -0.4 is 0 Å². The van der Waals surface area contributed by atoms with E-state index in [1.165, 1.54) is 25.3 Å². The van der Waals surface area contributed by atoms with Gasteiger partial charge in [0.2, 0.25) is 0 Å². The van der Waals surface area contributed by atoms with Gasteiger partial charge in [-0.25, -0.2) is 9.59 Å². The van der Waals surface area contributed by atoms with Gasteiger partial charge in [0, 0.05) is 11.4 Å². The number of aryl methyl sites for hydroxylation is 2. The summed E-state index contributed by atoms with van der Waals surface area (Å²) in [5, 5.41) is 9.11. The van der Waals surface area contributed by atoms with Gasteiger partial charge in [0.15, 0.2) is 0 Å². The van der Waals surface area contributed by atoms with Crippen molar-refractivity contribution in [3.8, 4) is 5.69 Å². The zero-order valence-electron chi connectivity index (χ0n) is 11.5. The number of benzene rings is 1. The largest absolute Gasteiger partial charge is 0.478 e. The van der Waals surface area contributed by atoms with Crippen molar-refractivity contribution in [3.05, 3.63) is 52.8 Å². The highest BCUT2D eigenvalue weighted by atomic mass is 16.5. The highest BCUT2D eigenvalue weighted by molar-refractivity contribution is 5.96. The average molecular weight is 273 g/mol. The highest BCUT2D eigenvalue weighted by Gasteiger charge is 2.18. The molecule has 0 aliphatic carbocycles. The van der Waals surface area contributed by atoms with Crippen LogP contribution >= 0.6 is 0 Å². The number of nitrogens with zero attached hydrogens (tertiary/aromatic N) is 1. The van der Waals surface area contributed by atoms with Gasteiger partial charge in [0.05, 0.1) is 23.9 Å². The van der Waals surface area contributed by atoms with Gasteiger partial charge in [-0.2, -0.15) is 0 Å². The minimum atomic E-state index is -1.04. The molecule has 5 heteroatoms. The Morgan fingerprint density at radius 2 is 1.70 bits per heavy atom. The molecule has 0 saturated carbocycles. The normalized spacial score (nSPS) is 10.3. The first-order valence-electron chi connectivity index (χ1n) is 6.06. The maximum absolute atomic E-state index is 11.9. The Kier molecular flexibility index (Phi) is 3.61. The van der Waals surface area contributed by atoms with E-state index >= 15 is 0 Å². The number of aromatic nitrogens is 1. The molecule has 2 rings (SSSR count). The van der Waals surface area contributed by atoms with Gasteiger partial charge in [-0.15, -0.1) is 0 Å². The number of carbonyl (C=O) groups excluding carboxylic acids is 1. The molecule has 0 atom stereocenters. The number of carbonyl (C=O) groups is 2. The zero-order valence-corrected chi connectivity index (χ0v) is 11.5. The molecule has 1 N–H and O–H groups in total. The van der Waals surface area contributed by atoms with E-state index in [9.17, 15) is 9.59 Å². The van der Waals surface area contributed by atoms with Gasteiger partial charge in [-0.05, 0) is 44.2 Å². The molecule has 1 heterocycles. The summed E-state index contributed by atoms with van der Waals surface area (Å²) < 4.78 is 6.59. The molecule has 5 nitrogen and oxygen atoms in total. The first-order chi connectivity index (χ1) is 9.45. The van der Waals surface area contributed by atoms with E-state index < -0.39 is 11.9 Å². The molecule has 0 saturated heterocycles. The van der Waals surface area contributed by atoms with Crippen LogP contribution in [0.25, 0.3) is 5.69 Å². The summed E-state index contributed by atoms with van der Waals surface area (Å²) in [6, 6.07) is 8.16. The Hall–Kier alpha value is -2.56. The third-order valence-corrected chi connectivity index (χ3v) is 3.16. The molecule has 0 aliphatic heterocycles. The number of methoxy groups -OCH3 is 1. The summed E-state index contributed by atoms with van der Waals surface area (Å²) in [5.74, 6) is -1.53. The van der Waals surface area contributed by atoms with Crippen molar-refractivity contribution in [2.45, 2.75) is 13.8 Å². The summed E-state index contributed by atoms with van der Waals surface area (Å²) in [6.45, 7) is 3.78. The van der Waals surface area contributed by atoms with E-state index in [2.05, 4.69) is 0 Å². The summed E-state index contributed by atoms with van der Waals surface area (Å²) in [7, 11) is 1.30. The number of esters is 1. The molecule has 0 amide bonds. The molecule has 0 aliphatic rings. The predicted molar refractivity (Wildman–Crippen MR) is 73.5 cm³/mol. The number of carboxylic acid groups (broad SMARTS) is 1. The minimum Gasteiger partial charge on any atom is -0.478 e. The summed E-state index contributed by atoms with van der Waals surface area (Å²) in [5.41, 5.74) is 2.79. The summed E-state index contributed by atoms with van der Waals surface area (Å²) in [4.78, 5) is 23.0. The Balaban J connectivity index is 2.73. The average Bonchev–Trinajstić information content (AvgIpc) is 2.76. The van der Waals surface area contributed by atoms with Gasteiger partial charge in [0.1, 0.15) is 0 Å². The van der Waals surface area contributed by atoms with Crippen LogP contribution in [-0.4, -0.2) is 28.7 Å². The standard InChI is InChI=1S/C15H15NO4/c1-9-4-5-10(2)16(9)13-8-11(14(17)18)6-7-12(13)15(19)20-3/h4-8H,1-3H3,(H,17,18). The monoisotopic (exact) mass is 273 g/mol. The van der Waals surface area contributed by atoms with E-state index in [4.69, 9.17) is 9.84 Å². The molecule has 2 aromatic rings. The Labute approximate surface area is 116 Å². The number of hydrogen-bond acceptors (Lipinski definition) is 3. The summed E-state index contributed by atoms with van der Waals surface area (Å²) in [6.07, 6.45) is 0. The summed E-state index contributed by atoms with van der Waals surface area (Å²) >= 11 is 0. The van der Waals surface area contributed by atoms with E-state index in [0.29, 0.717) is 11.3 Å². The fourth-order valence-electron chi connectivity index (χ4n) is 2.18. The van der Waals surface area contributed by atoms with Crippen LogP contribution in [0.15, 0.2) is 30.3 Å². The number of aromatic carboxylic acids is 1. The van der Waals surface area contributed by atoms with Gasteiger partial charge in [-0.1, -0.05) is 0 Å². The lowest BCUT2D eigenvalue weighted by molar-refractivity contribution is 0.0598. The maximum Gasteiger partial charge on any atom is 0.339 e. The van der Waals surface area contributed by atoms with Crippen molar-refractivity contribution in [3.63, 3.8) is 0 Å². The number of carboxylic acids is 1. The first-order valence-corrected chi connectivity index (χ1v) is 6.06. The molecular weight excluding hydrogens is 258 g/mol. The molecule has 0 unspecified atom stereocenters. The van der Waals surface area contributed by atoms with E-state index in [1.807, 2.05) is 30.5 Å². The predicted octanol–water partition coefficient (Wildman–Crippen LogP) is 2.58. The van der Waals surface area contributed by atoms with Crippen LogP contribution in [-0.2, 0) is 4.74 Å². The lowest BCUT2D eigenvalue weighted by atomic mass is 10.1. The van der Waals surface area contributed by atoms with Crippen LogP contribution in [0.1, 0.15) is 32.1 Å². The van der Waals surface area contributed by atoms with Gasteiger partial charge < -0.3 is 14.4 Å². The van der Waals surface area contributed by atoms with Crippen molar-refractivity contribution >= 4 is 11.9 Å². The quantitative estimate of drug-likeness (QED) is 0.873. The number of ether oxygens (including phenoxy) is 1. The maximum atomic E-state index is 11.9. The van der Waals surface area contributed by atoms with Gasteiger partial charge in [-0.3, -0.25) is 0 Å². The molecule has 20 heavy (non-hydrogen) atoms. The molecule has 0 fully saturated rings. The molecule has 1 aromatic carbocycles. The van der Waals surface area contributed by atoms with Gasteiger partial charge in [0.25, 0.3) is 0 Å². The topological polar surface area (TPSA) is 68.5 Å². The Bertz CT molecular complexity index is 666. The van der Waals surface area contributed by atoms with Crippen molar-refractivity contribution < 1.29 is 19.4 Å². The third-order valence-electron chi connectivity index (χ3n) is 3.16. The number of hydrogen-bond donors (Lipinski definition) is 1. The lowest BCUT2D eigenvalue weighted by Gasteiger charge is -2.14. The smallest absolute Gasteiger partial charge is 0.339 e. The number of rotatable bonds is 3. The van der Waals surface area contributed by atoms with Crippen LogP contribution in [0, 0.1) is 13.8 Å². The fourth-order valence-corrected chi connectivity index (χ4v) is 2.18. The van der Waals surface area contributed by atoms with Crippen molar-refractivity contribution in [1.82, 2.24) is 4.57 Å². The van der Waals surface area contributed by atoms with Crippen LogP contribution in [0.5, 0.6) is 0 Å². The first kappa shape index (κ1) is 13.9. The molecule has 1 aromatic heterocycles.